The van der Waals surface area contributed by atoms with Crippen LogP contribution in [-0.4, -0.2) is 27.4 Å². The number of nitrogens with one attached hydrogen (secondary N) is 2. The predicted octanol–water partition coefficient (Wildman–Crippen LogP) is 2.61. The Balaban J connectivity index is 1.64. The van der Waals surface area contributed by atoms with E-state index in [0.717, 1.165) is 42.5 Å². The molecule has 5 heteroatoms. The van der Waals surface area contributed by atoms with Gasteiger partial charge in [-0.25, -0.2) is 4.39 Å². The number of aromatic nitrogens is 2. The Labute approximate surface area is 123 Å². The van der Waals surface area contributed by atoms with Gasteiger partial charge >= 0.3 is 0 Å². The van der Waals surface area contributed by atoms with Crippen molar-refractivity contribution in [2.75, 3.05) is 6.54 Å². The zero-order valence-electron chi connectivity index (χ0n) is 11.9. The summed E-state index contributed by atoms with van der Waals surface area (Å²) in [7, 11) is 0. The quantitative estimate of drug-likeness (QED) is 0.793. The standard InChI is InChI=1S/C16H20FN3O/c17-14-5-3-12(4-6-14)15-13(10-19-20-15)9-18-11-16(21)7-1-2-8-16/h3-6,10,18,21H,1-2,7-9,11H2,(H,19,20). The number of rotatable bonds is 5. The lowest BCUT2D eigenvalue weighted by Gasteiger charge is -2.22. The van der Waals surface area contributed by atoms with E-state index in [1.807, 2.05) is 0 Å². The lowest BCUT2D eigenvalue weighted by atomic mass is 10.0. The predicted molar refractivity (Wildman–Crippen MR) is 79.1 cm³/mol. The highest BCUT2D eigenvalue weighted by Gasteiger charge is 2.30. The first-order chi connectivity index (χ1) is 10.2. The van der Waals surface area contributed by atoms with Crippen molar-refractivity contribution in [3.8, 4) is 11.3 Å². The third-order valence-electron chi connectivity index (χ3n) is 4.15. The summed E-state index contributed by atoms with van der Waals surface area (Å²) in [5.74, 6) is -0.249. The first-order valence-corrected chi connectivity index (χ1v) is 7.38. The number of nitrogens with zero attached hydrogens (tertiary/aromatic N) is 1. The summed E-state index contributed by atoms with van der Waals surface area (Å²) < 4.78 is 13.0. The molecule has 112 valence electrons. The van der Waals surface area contributed by atoms with E-state index in [1.54, 1.807) is 18.3 Å². The fourth-order valence-corrected chi connectivity index (χ4v) is 2.95. The number of H-pyrrole nitrogens is 1. The second-order valence-corrected chi connectivity index (χ2v) is 5.81. The third kappa shape index (κ3) is 3.31. The van der Waals surface area contributed by atoms with E-state index >= 15 is 0 Å². The zero-order valence-corrected chi connectivity index (χ0v) is 11.9. The van der Waals surface area contributed by atoms with Crippen molar-refractivity contribution in [3.05, 3.63) is 41.8 Å². The lowest BCUT2D eigenvalue weighted by Crippen LogP contribution is -2.37. The van der Waals surface area contributed by atoms with Crippen LogP contribution >= 0.6 is 0 Å². The highest BCUT2D eigenvalue weighted by atomic mass is 19.1. The number of benzene rings is 1. The Hall–Kier alpha value is -1.72. The van der Waals surface area contributed by atoms with Crippen molar-refractivity contribution in [1.29, 1.82) is 0 Å². The molecule has 1 heterocycles. The van der Waals surface area contributed by atoms with Gasteiger partial charge in [0.2, 0.25) is 0 Å². The van der Waals surface area contributed by atoms with Crippen LogP contribution in [0.2, 0.25) is 0 Å². The van der Waals surface area contributed by atoms with E-state index in [0.29, 0.717) is 13.1 Å². The minimum Gasteiger partial charge on any atom is -0.389 e. The van der Waals surface area contributed by atoms with Gasteiger partial charge in [0.1, 0.15) is 5.82 Å². The number of hydrogen-bond acceptors (Lipinski definition) is 3. The van der Waals surface area contributed by atoms with E-state index in [2.05, 4.69) is 15.5 Å². The van der Waals surface area contributed by atoms with Crippen LogP contribution in [0.4, 0.5) is 4.39 Å². The summed E-state index contributed by atoms with van der Waals surface area (Å²) in [6.07, 6.45) is 5.71. The Bertz CT molecular complexity index is 588. The summed E-state index contributed by atoms with van der Waals surface area (Å²) >= 11 is 0. The summed E-state index contributed by atoms with van der Waals surface area (Å²) in [4.78, 5) is 0. The molecule has 3 N–H and O–H groups in total. The van der Waals surface area contributed by atoms with Gasteiger partial charge in [-0.05, 0) is 37.1 Å². The van der Waals surface area contributed by atoms with Crippen molar-refractivity contribution in [3.63, 3.8) is 0 Å². The van der Waals surface area contributed by atoms with E-state index in [4.69, 9.17) is 0 Å². The molecule has 1 saturated carbocycles. The Morgan fingerprint density at radius 3 is 2.67 bits per heavy atom. The summed E-state index contributed by atoms with van der Waals surface area (Å²) in [6, 6.07) is 6.34. The normalized spacial score (nSPS) is 17.2. The van der Waals surface area contributed by atoms with Crippen molar-refractivity contribution in [2.45, 2.75) is 37.8 Å². The summed E-state index contributed by atoms with van der Waals surface area (Å²) in [5, 5.41) is 20.6. The first kappa shape index (κ1) is 14.2. The molecule has 0 atom stereocenters. The summed E-state index contributed by atoms with van der Waals surface area (Å²) in [5.41, 5.74) is 2.26. The van der Waals surface area contributed by atoms with Crippen LogP contribution in [0.15, 0.2) is 30.5 Å². The smallest absolute Gasteiger partial charge is 0.123 e. The molecule has 0 aliphatic heterocycles. The zero-order chi connectivity index (χ0) is 14.7. The minimum atomic E-state index is -0.556. The second kappa shape index (κ2) is 5.95. The monoisotopic (exact) mass is 289 g/mol. The third-order valence-corrected chi connectivity index (χ3v) is 4.15. The molecule has 1 aromatic carbocycles. The van der Waals surface area contributed by atoms with Gasteiger partial charge in [-0.3, -0.25) is 5.10 Å². The van der Waals surface area contributed by atoms with Gasteiger partial charge in [-0.2, -0.15) is 5.10 Å². The highest BCUT2D eigenvalue weighted by Crippen LogP contribution is 2.29. The van der Waals surface area contributed by atoms with Gasteiger partial charge < -0.3 is 10.4 Å². The molecule has 1 aromatic heterocycles. The second-order valence-electron chi connectivity index (χ2n) is 5.81. The number of aromatic amines is 1. The van der Waals surface area contributed by atoms with Gasteiger partial charge in [0, 0.05) is 24.2 Å². The Kier molecular flexibility index (Phi) is 4.03. The van der Waals surface area contributed by atoms with Gasteiger partial charge in [-0.1, -0.05) is 12.8 Å². The average Bonchev–Trinajstić information content (AvgIpc) is 3.10. The molecule has 0 amide bonds. The maximum Gasteiger partial charge on any atom is 0.123 e. The van der Waals surface area contributed by atoms with Crippen LogP contribution in [-0.2, 0) is 6.54 Å². The number of halogens is 1. The van der Waals surface area contributed by atoms with Crippen LogP contribution in [0.25, 0.3) is 11.3 Å². The SMILES string of the molecule is OC1(CNCc2cn[nH]c2-c2ccc(F)cc2)CCCC1. The topological polar surface area (TPSA) is 60.9 Å². The molecule has 0 saturated heterocycles. The summed E-state index contributed by atoms with van der Waals surface area (Å²) in [6.45, 7) is 1.23. The molecule has 4 nitrogen and oxygen atoms in total. The van der Waals surface area contributed by atoms with Crippen LogP contribution in [0.3, 0.4) is 0 Å². The van der Waals surface area contributed by atoms with E-state index in [1.165, 1.54) is 12.1 Å². The molecule has 0 radical (unpaired) electrons. The Morgan fingerprint density at radius 1 is 1.24 bits per heavy atom. The molecule has 0 spiro atoms. The lowest BCUT2D eigenvalue weighted by molar-refractivity contribution is 0.0475. The fraction of sp³-hybridized carbons (Fsp3) is 0.438. The molecule has 0 bridgehead atoms. The molecule has 1 aliphatic carbocycles. The molecule has 2 aromatic rings. The van der Waals surface area contributed by atoms with E-state index in [-0.39, 0.29) is 5.82 Å². The van der Waals surface area contributed by atoms with Gasteiger partial charge in [0.05, 0.1) is 17.5 Å². The molecule has 1 fully saturated rings. The van der Waals surface area contributed by atoms with Crippen LogP contribution < -0.4 is 5.32 Å². The first-order valence-electron chi connectivity index (χ1n) is 7.38. The van der Waals surface area contributed by atoms with Crippen LogP contribution in [0.1, 0.15) is 31.2 Å². The average molecular weight is 289 g/mol. The molecular formula is C16H20FN3O. The van der Waals surface area contributed by atoms with Gasteiger partial charge in [0.25, 0.3) is 0 Å². The Morgan fingerprint density at radius 2 is 1.95 bits per heavy atom. The van der Waals surface area contributed by atoms with Gasteiger partial charge in [-0.15, -0.1) is 0 Å². The van der Waals surface area contributed by atoms with Crippen LogP contribution in [0, 0.1) is 5.82 Å². The molecule has 21 heavy (non-hydrogen) atoms. The fourth-order valence-electron chi connectivity index (χ4n) is 2.95. The number of hydrogen-bond donors (Lipinski definition) is 3. The van der Waals surface area contributed by atoms with Crippen molar-refractivity contribution < 1.29 is 9.50 Å². The number of aliphatic hydroxyl groups is 1. The van der Waals surface area contributed by atoms with E-state index in [9.17, 15) is 9.50 Å². The minimum absolute atomic E-state index is 0.249. The maximum absolute atomic E-state index is 13.0. The largest absolute Gasteiger partial charge is 0.389 e. The molecular weight excluding hydrogens is 269 g/mol. The van der Waals surface area contributed by atoms with E-state index < -0.39 is 5.60 Å². The molecule has 3 rings (SSSR count). The van der Waals surface area contributed by atoms with Gasteiger partial charge in [0.15, 0.2) is 0 Å². The highest BCUT2D eigenvalue weighted by molar-refractivity contribution is 5.62. The van der Waals surface area contributed by atoms with Crippen molar-refractivity contribution in [2.24, 2.45) is 0 Å². The van der Waals surface area contributed by atoms with Crippen LogP contribution in [0.5, 0.6) is 0 Å². The molecule has 1 aliphatic rings. The molecule has 0 unspecified atom stereocenters. The van der Waals surface area contributed by atoms with Crippen molar-refractivity contribution >= 4 is 0 Å². The van der Waals surface area contributed by atoms with Crippen molar-refractivity contribution in [1.82, 2.24) is 15.5 Å². The maximum atomic E-state index is 13.0.